The van der Waals surface area contributed by atoms with Gasteiger partial charge in [0.15, 0.2) is 0 Å². The number of nitrogens with one attached hydrogen (secondary N) is 1. The predicted molar refractivity (Wildman–Crippen MR) is 72.9 cm³/mol. The van der Waals surface area contributed by atoms with Crippen molar-refractivity contribution in [2.75, 3.05) is 11.9 Å². The molecule has 1 heterocycles. The summed E-state index contributed by atoms with van der Waals surface area (Å²) in [6.07, 6.45) is 3.89. The van der Waals surface area contributed by atoms with Crippen molar-refractivity contribution in [3.8, 4) is 5.75 Å². The van der Waals surface area contributed by atoms with E-state index in [1.807, 2.05) is 55.3 Å². The van der Waals surface area contributed by atoms with Gasteiger partial charge in [0, 0.05) is 18.8 Å². The van der Waals surface area contributed by atoms with Crippen molar-refractivity contribution >= 4 is 5.69 Å². The van der Waals surface area contributed by atoms with E-state index >= 15 is 0 Å². The van der Waals surface area contributed by atoms with Crippen molar-refractivity contribution in [2.45, 2.75) is 19.9 Å². The van der Waals surface area contributed by atoms with E-state index in [4.69, 9.17) is 4.74 Å². The molecule has 4 nitrogen and oxygen atoms in total. The fraction of sp³-hybridized carbons (Fsp3) is 0.357. The van der Waals surface area contributed by atoms with Gasteiger partial charge in [-0.1, -0.05) is 12.1 Å². The maximum atomic E-state index is 5.60. The Hall–Kier alpha value is -1.97. The molecule has 0 spiro atoms. The zero-order chi connectivity index (χ0) is 13.0. The predicted octanol–water partition coefficient (Wildman–Crippen LogP) is 2.99. The molecule has 0 aliphatic rings. The SMILES string of the molecule is CCOc1ccccc1NC(C)c1cnn(C)c1. The van der Waals surface area contributed by atoms with Gasteiger partial charge in [-0.3, -0.25) is 4.68 Å². The highest BCUT2D eigenvalue weighted by Gasteiger charge is 2.10. The lowest BCUT2D eigenvalue weighted by molar-refractivity contribution is 0.341. The fourth-order valence-electron chi connectivity index (χ4n) is 1.85. The van der Waals surface area contributed by atoms with Crippen LogP contribution in [0.25, 0.3) is 0 Å². The van der Waals surface area contributed by atoms with Crippen LogP contribution in [-0.4, -0.2) is 16.4 Å². The zero-order valence-corrected chi connectivity index (χ0v) is 11.1. The number of anilines is 1. The van der Waals surface area contributed by atoms with Crippen LogP contribution in [0.1, 0.15) is 25.5 Å². The van der Waals surface area contributed by atoms with Gasteiger partial charge in [-0.2, -0.15) is 5.10 Å². The molecule has 0 aliphatic heterocycles. The summed E-state index contributed by atoms with van der Waals surface area (Å²) in [5.41, 5.74) is 2.17. The Morgan fingerprint density at radius 1 is 1.39 bits per heavy atom. The zero-order valence-electron chi connectivity index (χ0n) is 11.1. The second-order valence-electron chi connectivity index (χ2n) is 4.24. The number of rotatable bonds is 5. The smallest absolute Gasteiger partial charge is 0.142 e. The molecule has 4 heteroatoms. The Morgan fingerprint density at radius 3 is 2.83 bits per heavy atom. The molecule has 1 aromatic heterocycles. The first-order valence-electron chi connectivity index (χ1n) is 6.17. The molecule has 0 amide bonds. The number of para-hydroxylation sites is 2. The van der Waals surface area contributed by atoms with E-state index in [-0.39, 0.29) is 6.04 Å². The van der Waals surface area contributed by atoms with E-state index in [1.54, 1.807) is 0 Å². The first-order valence-corrected chi connectivity index (χ1v) is 6.17. The minimum Gasteiger partial charge on any atom is -0.492 e. The van der Waals surface area contributed by atoms with Gasteiger partial charge in [-0.25, -0.2) is 0 Å². The van der Waals surface area contributed by atoms with Gasteiger partial charge in [0.05, 0.1) is 24.5 Å². The second-order valence-corrected chi connectivity index (χ2v) is 4.24. The van der Waals surface area contributed by atoms with Crippen molar-refractivity contribution < 1.29 is 4.74 Å². The third kappa shape index (κ3) is 2.83. The average Bonchev–Trinajstić information content (AvgIpc) is 2.79. The van der Waals surface area contributed by atoms with Gasteiger partial charge in [-0.15, -0.1) is 0 Å². The molecular weight excluding hydrogens is 226 g/mol. The monoisotopic (exact) mass is 245 g/mol. The molecular formula is C14H19N3O. The number of nitrogens with zero attached hydrogens (tertiary/aromatic N) is 2. The van der Waals surface area contributed by atoms with Gasteiger partial charge in [0.1, 0.15) is 5.75 Å². The third-order valence-electron chi connectivity index (χ3n) is 2.78. The summed E-state index contributed by atoms with van der Waals surface area (Å²) in [7, 11) is 1.92. The highest BCUT2D eigenvalue weighted by Crippen LogP contribution is 2.27. The Kier molecular flexibility index (Phi) is 3.87. The van der Waals surface area contributed by atoms with Crippen molar-refractivity contribution in [3.05, 3.63) is 42.2 Å². The molecule has 1 aromatic carbocycles. The van der Waals surface area contributed by atoms with Crippen LogP contribution >= 0.6 is 0 Å². The standard InChI is InChI=1S/C14H19N3O/c1-4-18-14-8-6-5-7-13(14)16-11(2)12-9-15-17(3)10-12/h5-11,16H,4H2,1-3H3. The molecule has 2 aromatic rings. The minimum absolute atomic E-state index is 0.195. The van der Waals surface area contributed by atoms with E-state index in [2.05, 4.69) is 17.3 Å². The quantitative estimate of drug-likeness (QED) is 0.880. The van der Waals surface area contributed by atoms with Gasteiger partial charge < -0.3 is 10.1 Å². The van der Waals surface area contributed by atoms with Gasteiger partial charge in [0.2, 0.25) is 0 Å². The molecule has 0 bridgehead atoms. The van der Waals surface area contributed by atoms with Crippen molar-refractivity contribution in [1.82, 2.24) is 9.78 Å². The molecule has 1 unspecified atom stereocenters. The van der Waals surface area contributed by atoms with Crippen molar-refractivity contribution in [3.63, 3.8) is 0 Å². The lowest BCUT2D eigenvalue weighted by Gasteiger charge is -2.16. The fourth-order valence-corrected chi connectivity index (χ4v) is 1.85. The summed E-state index contributed by atoms with van der Waals surface area (Å²) in [6.45, 7) is 4.76. The molecule has 1 atom stereocenters. The van der Waals surface area contributed by atoms with Gasteiger partial charge in [0.25, 0.3) is 0 Å². The summed E-state index contributed by atoms with van der Waals surface area (Å²) in [4.78, 5) is 0. The number of aromatic nitrogens is 2. The molecule has 0 saturated carbocycles. The number of hydrogen-bond donors (Lipinski definition) is 1. The molecule has 1 N–H and O–H groups in total. The third-order valence-corrected chi connectivity index (χ3v) is 2.78. The lowest BCUT2D eigenvalue weighted by Crippen LogP contribution is -2.07. The summed E-state index contributed by atoms with van der Waals surface area (Å²) in [6, 6.07) is 8.17. The average molecular weight is 245 g/mol. The Morgan fingerprint density at radius 2 is 2.17 bits per heavy atom. The van der Waals surface area contributed by atoms with Gasteiger partial charge >= 0.3 is 0 Å². The Bertz CT molecular complexity index is 507. The van der Waals surface area contributed by atoms with E-state index in [9.17, 15) is 0 Å². The Labute approximate surface area is 108 Å². The van der Waals surface area contributed by atoms with Crippen LogP contribution in [0.15, 0.2) is 36.7 Å². The van der Waals surface area contributed by atoms with Crippen LogP contribution in [0, 0.1) is 0 Å². The number of ether oxygens (including phenoxy) is 1. The molecule has 2 rings (SSSR count). The van der Waals surface area contributed by atoms with E-state index in [0.717, 1.165) is 17.0 Å². The van der Waals surface area contributed by atoms with Gasteiger partial charge in [-0.05, 0) is 26.0 Å². The first-order chi connectivity index (χ1) is 8.70. The molecule has 0 saturated heterocycles. The molecule has 96 valence electrons. The van der Waals surface area contributed by atoms with Crippen molar-refractivity contribution in [2.24, 2.45) is 7.05 Å². The number of hydrogen-bond acceptors (Lipinski definition) is 3. The summed E-state index contributed by atoms with van der Waals surface area (Å²) in [5, 5.41) is 7.63. The van der Waals surface area contributed by atoms with Crippen LogP contribution in [0.3, 0.4) is 0 Å². The highest BCUT2D eigenvalue weighted by atomic mass is 16.5. The maximum Gasteiger partial charge on any atom is 0.142 e. The normalized spacial score (nSPS) is 12.2. The summed E-state index contributed by atoms with van der Waals surface area (Å²) < 4.78 is 7.40. The first kappa shape index (κ1) is 12.5. The van der Waals surface area contributed by atoms with Crippen molar-refractivity contribution in [1.29, 1.82) is 0 Å². The van der Waals surface area contributed by atoms with Crippen LogP contribution in [0.2, 0.25) is 0 Å². The van der Waals surface area contributed by atoms with Crippen LogP contribution < -0.4 is 10.1 Å². The van der Waals surface area contributed by atoms with E-state index in [0.29, 0.717) is 6.61 Å². The number of benzene rings is 1. The summed E-state index contributed by atoms with van der Waals surface area (Å²) >= 11 is 0. The van der Waals surface area contributed by atoms with Crippen LogP contribution in [-0.2, 0) is 7.05 Å². The largest absolute Gasteiger partial charge is 0.492 e. The highest BCUT2D eigenvalue weighted by molar-refractivity contribution is 5.57. The minimum atomic E-state index is 0.195. The van der Waals surface area contributed by atoms with E-state index < -0.39 is 0 Å². The summed E-state index contributed by atoms with van der Waals surface area (Å²) in [5.74, 6) is 0.885. The van der Waals surface area contributed by atoms with E-state index in [1.165, 1.54) is 0 Å². The maximum absolute atomic E-state index is 5.60. The topological polar surface area (TPSA) is 39.1 Å². The van der Waals surface area contributed by atoms with Crippen LogP contribution in [0.5, 0.6) is 5.75 Å². The lowest BCUT2D eigenvalue weighted by atomic mass is 10.1. The molecule has 0 radical (unpaired) electrons. The molecule has 0 aliphatic carbocycles. The Balaban J connectivity index is 2.13. The second kappa shape index (κ2) is 5.58. The van der Waals surface area contributed by atoms with Crippen LogP contribution in [0.4, 0.5) is 5.69 Å². The number of aryl methyl sites for hydroxylation is 1. The molecule has 18 heavy (non-hydrogen) atoms. The molecule has 0 fully saturated rings.